The third-order valence-corrected chi connectivity index (χ3v) is 6.12. The number of nitrogens with zero attached hydrogens (tertiary/aromatic N) is 2. The Kier molecular flexibility index (Phi) is 6.33. The van der Waals surface area contributed by atoms with Gasteiger partial charge in [0.25, 0.3) is 5.91 Å². The molecule has 4 rings (SSSR count). The zero-order valence-corrected chi connectivity index (χ0v) is 17.6. The highest BCUT2D eigenvalue weighted by Crippen LogP contribution is 2.16. The number of benzene rings is 2. The number of amides is 2. The van der Waals surface area contributed by atoms with Gasteiger partial charge in [0.1, 0.15) is 12.3 Å². The summed E-state index contributed by atoms with van der Waals surface area (Å²) in [4.78, 5) is 30.0. The largest absolute Gasteiger partial charge is 0.497 e. The lowest BCUT2D eigenvalue weighted by atomic mass is 10.1. The van der Waals surface area contributed by atoms with Crippen molar-refractivity contribution in [3.05, 3.63) is 65.2 Å². The molecule has 0 radical (unpaired) electrons. The van der Waals surface area contributed by atoms with Gasteiger partial charge in [0, 0.05) is 30.6 Å². The Morgan fingerprint density at radius 2 is 1.63 bits per heavy atom. The number of likely N-dealkylation sites (tertiary alicyclic amines) is 1. The minimum Gasteiger partial charge on any atom is -0.497 e. The maximum Gasteiger partial charge on any atom is 0.254 e. The summed E-state index contributed by atoms with van der Waals surface area (Å²) in [6, 6.07) is 16.0. The quantitative estimate of drug-likeness (QED) is 0.785. The molecule has 0 spiro atoms. The van der Waals surface area contributed by atoms with Crippen LogP contribution in [0.5, 0.6) is 5.75 Å². The standard InChI is InChI=1S/C24H29N3O3/c1-30-22-10-6-19(7-11-22)17-25-13-15-26(16-14-25)24(29)21-8-4-20(5-9-21)18-27-12-2-3-23(27)28/h4-11H,2-3,12-18H2,1H3/p+1. The van der Waals surface area contributed by atoms with Crippen molar-refractivity contribution in [1.82, 2.24) is 9.80 Å². The van der Waals surface area contributed by atoms with Gasteiger partial charge in [0.2, 0.25) is 5.91 Å². The summed E-state index contributed by atoms with van der Waals surface area (Å²) in [5, 5.41) is 0. The molecule has 0 saturated carbocycles. The van der Waals surface area contributed by atoms with Crippen LogP contribution in [0.1, 0.15) is 34.3 Å². The maximum absolute atomic E-state index is 12.9. The van der Waals surface area contributed by atoms with E-state index in [1.807, 2.05) is 46.2 Å². The third-order valence-electron chi connectivity index (χ3n) is 6.12. The zero-order valence-electron chi connectivity index (χ0n) is 17.6. The van der Waals surface area contributed by atoms with Gasteiger partial charge in [-0.05, 0) is 48.4 Å². The predicted molar refractivity (Wildman–Crippen MR) is 114 cm³/mol. The van der Waals surface area contributed by atoms with Crippen LogP contribution in [0.25, 0.3) is 0 Å². The molecule has 2 aromatic carbocycles. The minimum atomic E-state index is 0.0993. The molecule has 6 heteroatoms. The van der Waals surface area contributed by atoms with Crippen molar-refractivity contribution in [1.29, 1.82) is 0 Å². The van der Waals surface area contributed by atoms with E-state index in [0.717, 1.165) is 62.6 Å². The van der Waals surface area contributed by atoms with Gasteiger partial charge in [-0.2, -0.15) is 0 Å². The van der Waals surface area contributed by atoms with Crippen LogP contribution in [0, 0.1) is 0 Å². The summed E-state index contributed by atoms with van der Waals surface area (Å²) in [6.07, 6.45) is 1.60. The van der Waals surface area contributed by atoms with Crippen LogP contribution in [-0.4, -0.2) is 61.4 Å². The monoisotopic (exact) mass is 408 g/mol. The predicted octanol–water partition coefficient (Wildman–Crippen LogP) is 1.36. The average molecular weight is 409 g/mol. The number of quaternary nitrogens is 1. The van der Waals surface area contributed by atoms with Gasteiger partial charge in [-0.25, -0.2) is 0 Å². The molecule has 2 fully saturated rings. The van der Waals surface area contributed by atoms with Gasteiger partial charge in [-0.1, -0.05) is 12.1 Å². The van der Waals surface area contributed by atoms with Crippen molar-refractivity contribution in [2.45, 2.75) is 25.9 Å². The molecule has 2 aromatic rings. The van der Waals surface area contributed by atoms with E-state index in [9.17, 15) is 9.59 Å². The number of hydrogen-bond acceptors (Lipinski definition) is 3. The van der Waals surface area contributed by atoms with Crippen LogP contribution in [0.2, 0.25) is 0 Å². The molecular weight excluding hydrogens is 378 g/mol. The molecule has 30 heavy (non-hydrogen) atoms. The van der Waals surface area contributed by atoms with Crippen molar-refractivity contribution in [2.75, 3.05) is 39.8 Å². The van der Waals surface area contributed by atoms with Crippen molar-refractivity contribution in [2.24, 2.45) is 0 Å². The van der Waals surface area contributed by atoms with E-state index < -0.39 is 0 Å². The number of piperazine rings is 1. The van der Waals surface area contributed by atoms with Crippen LogP contribution in [0.4, 0.5) is 0 Å². The molecule has 6 nitrogen and oxygen atoms in total. The summed E-state index contributed by atoms with van der Waals surface area (Å²) in [5.41, 5.74) is 3.10. The Labute approximate surface area is 178 Å². The van der Waals surface area contributed by atoms with Gasteiger partial charge in [-0.3, -0.25) is 9.59 Å². The van der Waals surface area contributed by atoms with Gasteiger partial charge >= 0.3 is 0 Å². The number of carbonyl (C=O) groups is 2. The molecular formula is C24H30N3O3+. The molecule has 0 aromatic heterocycles. The topological polar surface area (TPSA) is 54.3 Å². The maximum atomic E-state index is 12.9. The molecule has 2 amide bonds. The van der Waals surface area contributed by atoms with E-state index in [0.29, 0.717) is 13.0 Å². The lowest BCUT2D eigenvalue weighted by Gasteiger charge is -2.32. The van der Waals surface area contributed by atoms with E-state index in [2.05, 4.69) is 12.1 Å². The van der Waals surface area contributed by atoms with Gasteiger partial charge in [0.15, 0.2) is 0 Å². The lowest BCUT2D eigenvalue weighted by Crippen LogP contribution is -3.13. The second-order valence-electron chi connectivity index (χ2n) is 8.18. The highest BCUT2D eigenvalue weighted by Gasteiger charge is 2.25. The Morgan fingerprint density at radius 1 is 0.967 bits per heavy atom. The van der Waals surface area contributed by atoms with E-state index in [1.54, 1.807) is 7.11 Å². The first kappa shape index (κ1) is 20.4. The zero-order chi connectivity index (χ0) is 20.9. The highest BCUT2D eigenvalue weighted by molar-refractivity contribution is 5.94. The van der Waals surface area contributed by atoms with Gasteiger partial charge < -0.3 is 19.4 Å². The number of nitrogens with one attached hydrogen (secondary N) is 1. The molecule has 2 aliphatic heterocycles. The van der Waals surface area contributed by atoms with E-state index >= 15 is 0 Å². The fourth-order valence-corrected chi connectivity index (χ4v) is 4.26. The Bertz CT molecular complexity index is 872. The second-order valence-corrected chi connectivity index (χ2v) is 8.18. The van der Waals surface area contributed by atoms with E-state index in [-0.39, 0.29) is 11.8 Å². The molecule has 0 aliphatic carbocycles. The van der Waals surface area contributed by atoms with Crippen molar-refractivity contribution in [3.8, 4) is 5.75 Å². The van der Waals surface area contributed by atoms with Gasteiger partial charge in [0.05, 0.1) is 33.3 Å². The van der Waals surface area contributed by atoms with Crippen LogP contribution >= 0.6 is 0 Å². The summed E-state index contributed by atoms with van der Waals surface area (Å²) < 4.78 is 5.22. The fourth-order valence-electron chi connectivity index (χ4n) is 4.26. The normalized spacial score (nSPS) is 17.4. The van der Waals surface area contributed by atoms with Crippen molar-refractivity contribution in [3.63, 3.8) is 0 Å². The number of hydrogen-bond donors (Lipinski definition) is 1. The van der Waals surface area contributed by atoms with Gasteiger partial charge in [-0.15, -0.1) is 0 Å². The molecule has 1 N–H and O–H groups in total. The molecule has 0 atom stereocenters. The summed E-state index contributed by atoms with van der Waals surface area (Å²) in [6.45, 7) is 5.89. The summed E-state index contributed by atoms with van der Waals surface area (Å²) in [5.74, 6) is 1.20. The van der Waals surface area contributed by atoms with E-state index in [1.165, 1.54) is 10.5 Å². The van der Waals surface area contributed by atoms with E-state index in [4.69, 9.17) is 4.74 Å². The Balaban J connectivity index is 1.27. The first-order valence-corrected chi connectivity index (χ1v) is 10.7. The summed E-state index contributed by atoms with van der Waals surface area (Å²) in [7, 11) is 1.68. The first-order valence-electron chi connectivity index (χ1n) is 10.7. The Morgan fingerprint density at radius 3 is 2.23 bits per heavy atom. The molecule has 2 saturated heterocycles. The molecule has 2 heterocycles. The number of carbonyl (C=O) groups excluding carboxylic acids is 2. The SMILES string of the molecule is COc1ccc(C[NH+]2CCN(C(=O)c3ccc(CN4CCCC4=O)cc3)CC2)cc1. The van der Waals surface area contributed by atoms with Crippen LogP contribution in [0.15, 0.2) is 48.5 Å². The Hall–Kier alpha value is -2.86. The fraction of sp³-hybridized carbons (Fsp3) is 0.417. The number of rotatable bonds is 6. The molecule has 0 unspecified atom stereocenters. The smallest absolute Gasteiger partial charge is 0.254 e. The van der Waals surface area contributed by atoms with Crippen molar-refractivity contribution < 1.29 is 19.2 Å². The lowest BCUT2D eigenvalue weighted by molar-refractivity contribution is -0.917. The molecule has 0 bridgehead atoms. The second kappa shape index (κ2) is 9.30. The third kappa shape index (κ3) is 4.82. The van der Waals surface area contributed by atoms with Crippen molar-refractivity contribution >= 4 is 11.8 Å². The number of ether oxygens (including phenoxy) is 1. The summed E-state index contributed by atoms with van der Waals surface area (Å²) >= 11 is 0. The molecule has 158 valence electrons. The highest BCUT2D eigenvalue weighted by atomic mass is 16.5. The van der Waals surface area contributed by atoms with Crippen LogP contribution in [-0.2, 0) is 17.9 Å². The first-order chi connectivity index (χ1) is 14.6. The van der Waals surface area contributed by atoms with Crippen LogP contribution in [0.3, 0.4) is 0 Å². The van der Waals surface area contributed by atoms with Crippen LogP contribution < -0.4 is 9.64 Å². The number of methoxy groups -OCH3 is 1. The average Bonchev–Trinajstić information content (AvgIpc) is 3.19. The minimum absolute atomic E-state index is 0.0993. The molecule has 2 aliphatic rings.